The third kappa shape index (κ3) is 23.2. The first kappa shape index (κ1) is 44.2. The minimum Gasteiger partial charge on any atom is -0.744 e. The molecule has 0 spiro atoms. The number of unbranched alkanes of at least 4 members (excludes halogenated alkanes) is 16. The van der Waals surface area contributed by atoms with E-state index in [1.807, 2.05) is 0 Å². The van der Waals surface area contributed by atoms with Crippen LogP contribution in [0.3, 0.4) is 0 Å². The molecular weight excluding hydrogens is 616 g/mol. The predicted molar refractivity (Wildman–Crippen MR) is 177 cm³/mol. The summed E-state index contributed by atoms with van der Waals surface area (Å²) in [6, 6.07) is 3.06. The first-order chi connectivity index (χ1) is 21.3. The summed E-state index contributed by atoms with van der Waals surface area (Å²) >= 11 is 0. The van der Waals surface area contributed by atoms with Gasteiger partial charge in [0.05, 0.1) is 29.2 Å². The van der Waals surface area contributed by atoms with Crippen molar-refractivity contribution in [1.82, 2.24) is 0 Å². The predicted octanol–water partition coefficient (Wildman–Crippen LogP) is 6.86. The molecular formula is C36H57KO7S. The fourth-order valence-electron chi connectivity index (χ4n) is 4.80. The number of benzene rings is 1. The van der Waals surface area contributed by atoms with Crippen LogP contribution < -0.4 is 51.4 Å². The number of hydrogen-bond donors (Lipinski definition) is 0. The maximum absolute atomic E-state index is 12.8. The summed E-state index contributed by atoms with van der Waals surface area (Å²) < 4.78 is 45.3. The average molecular weight is 673 g/mol. The normalized spacial score (nSPS) is 11.6. The molecule has 0 amide bonds. The zero-order valence-corrected chi connectivity index (χ0v) is 32.3. The Morgan fingerprint density at radius 1 is 0.600 bits per heavy atom. The molecule has 45 heavy (non-hydrogen) atoms. The molecule has 0 atom stereocenters. The molecule has 0 aliphatic rings. The van der Waals surface area contributed by atoms with Gasteiger partial charge < -0.3 is 14.0 Å². The number of esters is 2. The van der Waals surface area contributed by atoms with Crippen LogP contribution in [0, 0.1) is 0 Å². The van der Waals surface area contributed by atoms with Crippen molar-refractivity contribution in [3.8, 4) is 0 Å². The van der Waals surface area contributed by atoms with Crippen molar-refractivity contribution in [2.24, 2.45) is 0 Å². The number of carbonyl (C=O) groups excluding carboxylic acids is 2. The smallest absolute Gasteiger partial charge is 0.744 e. The largest absolute Gasteiger partial charge is 1.00 e. The standard InChI is InChI=1S/C36H58O7S.K/c1-3-5-7-9-11-13-15-17-19-21-23-25-29-42-35(37)33-28-27-32(44(39,40)41)31-34(33)36(38)43-30-26-24-22-20-18-16-14-12-10-8-6-4-2;/h17-20,27-28,31H,3-16,21-26,29-30H2,1-2H3,(H,39,40,41);/q;+1/p-1/b19-17+,20-18+;. The van der Waals surface area contributed by atoms with Gasteiger partial charge in [-0.1, -0.05) is 102 Å². The van der Waals surface area contributed by atoms with Crippen molar-refractivity contribution in [3.05, 3.63) is 53.6 Å². The van der Waals surface area contributed by atoms with Crippen molar-refractivity contribution in [2.45, 2.75) is 147 Å². The Balaban J connectivity index is 0.0000194. The second-order valence-corrected chi connectivity index (χ2v) is 12.9. The molecule has 1 aromatic rings. The molecule has 0 aromatic heterocycles. The number of allylic oxidation sites excluding steroid dienone is 4. The van der Waals surface area contributed by atoms with E-state index in [4.69, 9.17) is 9.47 Å². The van der Waals surface area contributed by atoms with Gasteiger partial charge >= 0.3 is 63.3 Å². The molecule has 1 rings (SSSR count). The summed E-state index contributed by atoms with van der Waals surface area (Å²) in [4.78, 5) is 24.9. The van der Waals surface area contributed by atoms with Gasteiger partial charge in [-0.15, -0.1) is 0 Å². The summed E-state index contributed by atoms with van der Waals surface area (Å²) in [5.74, 6) is -1.60. The van der Waals surface area contributed by atoms with E-state index in [1.165, 1.54) is 77.0 Å². The van der Waals surface area contributed by atoms with Gasteiger partial charge in [-0.3, -0.25) is 0 Å². The van der Waals surface area contributed by atoms with Crippen molar-refractivity contribution >= 4 is 22.1 Å². The second kappa shape index (κ2) is 29.3. The Morgan fingerprint density at radius 2 is 0.978 bits per heavy atom. The first-order valence-electron chi connectivity index (χ1n) is 17.0. The minimum absolute atomic E-state index is 0. The zero-order chi connectivity index (χ0) is 32.3. The first-order valence-corrected chi connectivity index (χ1v) is 18.5. The molecule has 0 saturated heterocycles. The van der Waals surface area contributed by atoms with E-state index in [0.29, 0.717) is 12.8 Å². The van der Waals surface area contributed by atoms with E-state index < -0.39 is 27.0 Å². The Bertz CT molecular complexity index is 1080. The zero-order valence-electron chi connectivity index (χ0n) is 28.4. The molecule has 0 fully saturated rings. The summed E-state index contributed by atoms with van der Waals surface area (Å²) in [7, 11) is -4.82. The molecule has 0 saturated carbocycles. The molecule has 0 unspecified atom stereocenters. The SMILES string of the molecule is CCCCCCCC/C=C/CCCCOC(=O)c1ccc(S(=O)(=O)[O-])cc1C(=O)OCCCC/C=C/CCCCCCCC.[K+]. The van der Waals surface area contributed by atoms with Gasteiger partial charge in [0, 0.05) is 0 Å². The van der Waals surface area contributed by atoms with E-state index >= 15 is 0 Å². The molecule has 250 valence electrons. The van der Waals surface area contributed by atoms with Crippen LogP contribution in [0.4, 0.5) is 0 Å². The summed E-state index contributed by atoms with van der Waals surface area (Å²) in [6.07, 6.45) is 31.0. The van der Waals surface area contributed by atoms with Crippen LogP contribution >= 0.6 is 0 Å². The van der Waals surface area contributed by atoms with Gasteiger partial charge in [0.15, 0.2) is 0 Å². The van der Waals surface area contributed by atoms with Crippen LogP contribution in [0.2, 0.25) is 0 Å². The fraction of sp³-hybridized carbons (Fsp3) is 0.667. The Kier molecular flexibility index (Phi) is 28.8. The van der Waals surface area contributed by atoms with Crippen LogP contribution in [0.1, 0.15) is 163 Å². The van der Waals surface area contributed by atoms with Gasteiger partial charge in [-0.05, 0) is 82.4 Å². The van der Waals surface area contributed by atoms with Crippen molar-refractivity contribution < 1.29 is 83.4 Å². The quantitative estimate of drug-likeness (QED) is 0.0330. The topological polar surface area (TPSA) is 110 Å². The summed E-state index contributed by atoms with van der Waals surface area (Å²) in [6.45, 7) is 4.74. The Hall–Kier alpha value is -0.814. The Morgan fingerprint density at radius 3 is 1.40 bits per heavy atom. The molecule has 0 aliphatic carbocycles. The van der Waals surface area contributed by atoms with Crippen molar-refractivity contribution in [3.63, 3.8) is 0 Å². The van der Waals surface area contributed by atoms with E-state index in [2.05, 4.69) is 38.2 Å². The van der Waals surface area contributed by atoms with E-state index in [9.17, 15) is 22.6 Å². The molecule has 7 nitrogen and oxygen atoms in total. The van der Waals surface area contributed by atoms with Gasteiger partial charge in [-0.25, -0.2) is 18.0 Å². The molecule has 0 radical (unpaired) electrons. The number of carbonyl (C=O) groups is 2. The molecule has 0 aliphatic heterocycles. The minimum atomic E-state index is -4.82. The van der Waals surface area contributed by atoms with Crippen molar-refractivity contribution in [1.29, 1.82) is 0 Å². The van der Waals surface area contributed by atoms with Crippen LogP contribution in [0.25, 0.3) is 0 Å². The molecule has 0 N–H and O–H groups in total. The molecule has 9 heteroatoms. The number of hydrogen-bond acceptors (Lipinski definition) is 7. The number of rotatable bonds is 27. The van der Waals surface area contributed by atoms with Gasteiger partial charge in [-0.2, -0.15) is 0 Å². The van der Waals surface area contributed by atoms with Crippen LogP contribution in [0.5, 0.6) is 0 Å². The fourth-order valence-corrected chi connectivity index (χ4v) is 5.29. The second-order valence-electron chi connectivity index (χ2n) is 11.5. The average Bonchev–Trinajstić information content (AvgIpc) is 3.00. The third-order valence-electron chi connectivity index (χ3n) is 7.50. The van der Waals surface area contributed by atoms with Crippen LogP contribution in [0.15, 0.2) is 47.4 Å². The summed E-state index contributed by atoms with van der Waals surface area (Å²) in [5.41, 5.74) is -0.387. The van der Waals surface area contributed by atoms with Gasteiger partial charge in [0.2, 0.25) is 0 Å². The monoisotopic (exact) mass is 672 g/mol. The van der Waals surface area contributed by atoms with Gasteiger partial charge in [0.1, 0.15) is 10.1 Å². The van der Waals surface area contributed by atoms with Crippen LogP contribution in [-0.4, -0.2) is 38.1 Å². The maximum Gasteiger partial charge on any atom is 1.00 e. The van der Waals surface area contributed by atoms with Gasteiger partial charge in [0.25, 0.3) is 0 Å². The molecule has 0 heterocycles. The molecule has 0 bridgehead atoms. The van der Waals surface area contributed by atoms with Crippen molar-refractivity contribution in [2.75, 3.05) is 13.2 Å². The molecule has 1 aromatic carbocycles. The van der Waals surface area contributed by atoms with E-state index in [0.717, 1.165) is 56.7 Å². The number of ether oxygens (including phenoxy) is 2. The maximum atomic E-state index is 12.8. The summed E-state index contributed by atoms with van der Waals surface area (Å²) in [5, 5.41) is 0. The Labute approximate surface area is 316 Å². The third-order valence-corrected chi connectivity index (χ3v) is 8.33. The van der Waals surface area contributed by atoms with Crippen LogP contribution in [-0.2, 0) is 19.6 Å². The van der Waals surface area contributed by atoms with E-state index in [1.54, 1.807) is 0 Å². The van der Waals surface area contributed by atoms with E-state index in [-0.39, 0.29) is 75.7 Å².